The van der Waals surface area contributed by atoms with E-state index in [9.17, 15) is 0 Å². The first-order valence-electron chi connectivity index (χ1n) is 10.2. The molecule has 0 saturated carbocycles. The third-order valence-corrected chi connectivity index (χ3v) is 15.1. The molecule has 0 N–H and O–H groups in total. The Morgan fingerprint density at radius 2 is 1.29 bits per heavy atom. The molecular formula is C26H33Cl3SiTi. The van der Waals surface area contributed by atoms with Crippen LogP contribution in [0.3, 0.4) is 0 Å². The van der Waals surface area contributed by atoms with Gasteiger partial charge in [-0.25, -0.2) is 0 Å². The Hall–Kier alpha value is -0.279. The number of allylic oxidation sites excluding steroid dienone is 4. The number of aryl methyl sites for hydroxylation is 3. The van der Waals surface area contributed by atoms with Crippen molar-refractivity contribution in [2.45, 2.75) is 67.0 Å². The van der Waals surface area contributed by atoms with Crippen LogP contribution in [0.25, 0.3) is 0 Å². The summed E-state index contributed by atoms with van der Waals surface area (Å²) >= 11 is 2.38. The van der Waals surface area contributed by atoms with Gasteiger partial charge in [0.2, 0.25) is 0 Å². The van der Waals surface area contributed by atoms with Crippen LogP contribution in [0.2, 0.25) is 11.6 Å². The first kappa shape index (κ1) is 30.7. The van der Waals surface area contributed by atoms with Gasteiger partial charge in [-0.15, -0.1) is 0 Å². The van der Waals surface area contributed by atoms with Crippen molar-refractivity contribution in [2.24, 2.45) is 0 Å². The molecule has 0 radical (unpaired) electrons. The maximum atomic E-state index is 2.61. The van der Waals surface area contributed by atoms with Crippen molar-refractivity contribution in [2.75, 3.05) is 0 Å². The average Bonchev–Trinajstić information content (AvgIpc) is 2.79. The van der Waals surface area contributed by atoms with Gasteiger partial charge in [0.05, 0.1) is 0 Å². The molecule has 3 rings (SSSR count). The van der Waals surface area contributed by atoms with Crippen molar-refractivity contribution >= 4 is 18.4 Å². The van der Waals surface area contributed by atoms with E-state index in [1.807, 2.05) is 0 Å². The molecule has 0 aromatic heterocycles. The van der Waals surface area contributed by atoms with Gasteiger partial charge >= 0.3 is 185 Å². The minimum absolute atomic E-state index is 0. The number of halogens is 3. The second-order valence-corrected chi connectivity index (χ2v) is 14.3. The monoisotopic (exact) mass is 526 g/mol. The molecule has 0 aliphatic heterocycles. The molecule has 2 aromatic rings. The summed E-state index contributed by atoms with van der Waals surface area (Å²) in [6, 6.07) is 14.2. The van der Waals surface area contributed by atoms with Crippen molar-refractivity contribution in [1.82, 2.24) is 0 Å². The normalized spacial score (nSPS) is 20.0. The summed E-state index contributed by atoms with van der Waals surface area (Å²) in [5.41, 5.74) is 10.2. The van der Waals surface area contributed by atoms with E-state index in [4.69, 9.17) is 0 Å². The van der Waals surface area contributed by atoms with Gasteiger partial charge in [0.25, 0.3) is 0 Å². The van der Waals surface area contributed by atoms with Crippen molar-refractivity contribution in [3.05, 3.63) is 79.2 Å². The van der Waals surface area contributed by atoms with Crippen LogP contribution < -0.4 is 47.6 Å². The molecule has 2 atom stereocenters. The third-order valence-electron chi connectivity index (χ3n) is 7.69. The van der Waals surface area contributed by atoms with Crippen molar-refractivity contribution in [3.63, 3.8) is 0 Å². The van der Waals surface area contributed by atoms with Gasteiger partial charge in [0, 0.05) is 0 Å². The van der Waals surface area contributed by atoms with Crippen molar-refractivity contribution < 1.29 is 57.7 Å². The molecule has 2 unspecified atom stereocenters. The van der Waals surface area contributed by atoms with E-state index in [0.29, 0.717) is 0 Å². The van der Waals surface area contributed by atoms with Crippen LogP contribution in [0, 0.1) is 27.7 Å². The second kappa shape index (κ2) is 10.8. The molecule has 0 bridgehead atoms. The van der Waals surface area contributed by atoms with E-state index in [2.05, 4.69) is 119 Å². The van der Waals surface area contributed by atoms with Gasteiger partial charge in [-0.1, -0.05) is 0 Å². The standard InChI is InChI=1S/C26H33Si.3ClH.Ti/c1-17-13-18(2)15-24(14-17)27(9,25-12-10-11-19(3)22(25)6)26(8)16-20(4)21(5)23(26)7;;;;/h10-15H,1-9H3;3*1H;/q;;;;+3/p-3. The topological polar surface area (TPSA) is 0 Å². The van der Waals surface area contributed by atoms with Gasteiger partial charge in [0.15, 0.2) is 0 Å². The fourth-order valence-corrected chi connectivity index (χ4v) is 12.5. The molecule has 0 fully saturated rings. The minimum Gasteiger partial charge on any atom is -1.00 e. The number of benzene rings is 2. The average molecular weight is 528 g/mol. The fourth-order valence-electron chi connectivity index (χ4n) is 5.30. The molecule has 1 aliphatic carbocycles. The predicted octanol–water partition coefficient (Wildman–Crippen LogP) is -2.94. The van der Waals surface area contributed by atoms with Gasteiger partial charge in [0.1, 0.15) is 0 Å². The number of rotatable bonds is 3. The Kier molecular flexibility index (Phi) is 10.7. The zero-order chi connectivity index (χ0) is 21.0. The van der Waals surface area contributed by atoms with Crippen LogP contribution in [0.5, 0.6) is 0 Å². The molecule has 31 heavy (non-hydrogen) atoms. The minimum atomic E-state index is -2.16. The van der Waals surface area contributed by atoms with Crippen molar-refractivity contribution in [1.29, 1.82) is 0 Å². The predicted molar refractivity (Wildman–Crippen MR) is 122 cm³/mol. The van der Waals surface area contributed by atoms with E-state index < -0.39 is 8.07 Å². The fraction of sp³-hybridized carbons (Fsp3) is 0.385. The summed E-state index contributed by atoms with van der Waals surface area (Å²) in [6.45, 7) is 21.2. The van der Waals surface area contributed by atoms with E-state index >= 15 is 0 Å². The molecular weight excluding hydrogens is 495 g/mol. The molecule has 0 saturated heterocycles. The zero-order valence-corrected chi connectivity index (χ0v) is 24.9. The van der Waals surface area contributed by atoms with Crippen LogP contribution in [0.15, 0.2) is 57.0 Å². The Labute approximate surface area is 221 Å². The second-order valence-electron chi connectivity index (χ2n) is 9.12. The molecule has 0 heterocycles. The van der Waals surface area contributed by atoms with Gasteiger partial charge in [-0.2, -0.15) is 0 Å². The zero-order valence-electron chi connectivity index (χ0n) is 20.1. The van der Waals surface area contributed by atoms with Gasteiger partial charge in [-0.05, 0) is 0 Å². The Morgan fingerprint density at radius 1 is 0.774 bits per heavy atom. The quantitative estimate of drug-likeness (QED) is 0.375. The van der Waals surface area contributed by atoms with E-state index in [0.717, 1.165) is 0 Å². The van der Waals surface area contributed by atoms with Gasteiger partial charge < -0.3 is 37.2 Å². The maximum absolute atomic E-state index is 2.61. The maximum Gasteiger partial charge on any atom is -1.00 e. The van der Waals surface area contributed by atoms with Crippen LogP contribution in [0.4, 0.5) is 0 Å². The van der Waals surface area contributed by atoms with Gasteiger partial charge in [-0.3, -0.25) is 0 Å². The van der Waals surface area contributed by atoms with E-state index in [1.165, 1.54) is 33.4 Å². The Morgan fingerprint density at radius 3 is 1.74 bits per heavy atom. The summed E-state index contributed by atoms with van der Waals surface area (Å²) < 4.78 is 1.57. The van der Waals surface area contributed by atoms with Crippen LogP contribution in [-0.2, 0) is 20.4 Å². The van der Waals surface area contributed by atoms with Crippen molar-refractivity contribution in [3.8, 4) is 0 Å². The molecule has 1 aliphatic rings. The van der Waals surface area contributed by atoms with Crippen LogP contribution >= 0.6 is 0 Å². The van der Waals surface area contributed by atoms with Crippen LogP contribution in [-0.4, -0.2) is 8.07 Å². The largest absolute Gasteiger partial charge is 1.00 e. The molecule has 166 valence electrons. The summed E-state index contributed by atoms with van der Waals surface area (Å²) in [5.74, 6) is 0. The Balaban J connectivity index is 0.00000300. The number of hydrogen-bond donors (Lipinski definition) is 0. The molecule has 0 spiro atoms. The first-order valence-corrected chi connectivity index (χ1v) is 13.5. The number of hydrogen-bond acceptors (Lipinski definition) is 0. The van der Waals surface area contributed by atoms with Crippen LogP contribution in [0.1, 0.15) is 49.9 Å². The first-order chi connectivity index (χ1) is 13.0. The molecule has 0 nitrogen and oxygen atoms in total. The molecule has 0 amide bonds. The summed E-state index contributed by atoms with van der Waals surface area (Å²) in [4.78, 5) is 0. The Bertz CT molecular complexity index is 995. The summed E-state index contributed by atoms with van der Waals surface area (Å²) in [6.07, 6.45) is 0. The summed E-state index contributed by atoms with van der Waals surface area (Å²) in [5, 5.41) is 3.23. The third kappa shape index (κ3) is 4.57. The van der Waals surface area contributed by atoms with E-state index in [1.54, 1.807) is 19.8 Å². The summed E-state index contributed by atoms with van der Waals surface area (Å²) in [7, 11) is -2.16. The smallest absolute Gasteiger partial charge is 1.00 e. The SMILES string of the molecule is CC1=C(C)C(C)([Si](C)(c2cc(C)cc(C)c2)c2cccc(C)c2C)[C]([Ti+3])=C1C.[Cl-].[Cl-].[Cl-]. The van der Waals surface area contributed by atoms with E-state index in [-0.39, 0.29) is 42.3 Å². The molecule has 2 aromatic carbocycles. The molecule has 5 heteroatoms.